The maximum atomic E-state index is 5.76. The van der Waals surface area contributed by atoms with Crippen molar-refractivity contribution in [1.29, 1.82) is 0 Å². The molecule has 78 valence electrons. The van der Waals surface area contributed by atoms with Gasteiger partial charge in [0, 0.05) is 18.5 Å². The van der Waals surface area contributed by atoms with Crippen LogP contribution in [0.3, 0.4) is 0 Å². The molecular formula is C11H19NOSi. The van der Waals surface area contributed by atoms with Gasteiger partial charge in [0.25, 0.3) is 0 Å². The topological polar surface area (TPSA) is 22.1 Å². The quantitative estimate of drug-likeness (QED) is 0.549. The van der Waals surface area contributed by atoms with E-state index >= 15 is 0 Å². The molecule has 0 aliphatic heterocycles. The summed E-state index contributed by atoms with van der Waals surface area (Å²) in [5.74, 6) is 0. The number of aromatic nitrogens is 1. The molecule has 0 aliphatic carbocycles. The van der Waals surface area contributed by atoms with E-state index in [-0.39, 0.29) is 0 Å². The second-order valence-corrected chi connectivity index (χ2v) is 8.90. The van der Waals surface area contributed by atoms with E-state index in [0.717, 1.165) is 25.1 Å². The van der Waals surface area contributed by atoms with Gasteiger partial charge in [-0.25, -0.2) is 0 Å². The van der Waals surface area contributed by atoms with Crippen LogP contribution in [0.25, 0.3) is 0 Å². The van der Waals surface area contributed by atoms with Crippen molar-refractivity contribution in [3.8, 4) is 0 Å². The molecule has 1 rings (SSSR count). The van der Waals surface area contributed by atoms with E-state index in [2.05, 4.69) is 30.7 Å². The Kier molecular flexibility index (Phi) is 4.29. The van der Waals surface area contributed by atoms with Gasteiger partial charge in [-0.15, -0.1) is 0 Å². The molecule has 1 aromatic rings. The number of nitrogens with zero attached hydrogens (tertiary/aromatic N) is 1. The Hall–Kier alpha value is -0.673. The van der Waals surface area contributed by atoms with Crippen molar-refractivity contribution in [3.05, 3.63) is 30.1 Å². The maximum Gasteiger partial charge on any atom is 0.183 e. The third kappa shape index (κ3) is 5.14. The summed E-state index contributed by atoms with van der Waals surface area (Å²) in [6.45, 7) is 7.52. The Labute approximate surface area is 87.5 Å². The number of hydrogen-bond donors (Lipinski definition) is 0. The van der Waals surface area contributed by atoms with Gasteiger partial charge < -0.3 is 4.43 Å². The van der Waals surface area contributed by atoms with Crippen LogP contribution in [-0.2, 0) is 10.8 Å². The van der Waals surface area contributed by atoms with Crippen molar-refractivity contribution in [2.45, 2.75) is 32.5 Å². The lowest BCUT2D eigenvalue weighted by Gasteiger charge is -2.16. The highest BCUT2D eigenvalue weighted by Gasteiger charge is 2.12. The molecule has 0 aliphatic rings. The van der Waals surface area contributed by atoms with Crippen LogP contribution in [0.5, 0.6) is 0 Å². The molecule has 0 atom stereocenters. The minimum Gasteiger partial charge on any atom is -0.418 e. The van der Waals surface area contributed by atoms with Gasteiger partial charge in [0.05, 0.1) is 0 Å². The Bertz CT molecular complexity index is 256. The normalized spacial score (nSPS) is 11.6. The summed E-state index contributed by atoms with van der Waals surface area (Å²) < 4.78 is 5.76. The monoisotopic (exact) mass is 209 g/mol. The van der Waals surface area contributed by atoms with Gasteiger partial charge in [0.2, 0.25) is 0 Å². The fourth-order valence-electron chi connectivity index (χ4n) is 1.18. The van der Waals surface area contributed by atoms with Gasteiger partial charge >= 0.3 is 0 Å². The summed E-state index contributed by atoms with van der Waals surface area (Å²) in [4.78, 5) is 4.27. The van der Waals surface area contributed by atoms with Crippen molar-refractivity contribution in [2.75, 3.05) is 6.61 Å². The zero-order chi connectivity index (χ0) is 10.4. The molecule has 0 fully saturated rings. The van der Waals surface area contributed by atoms with E-state index in [1.165, 1.54) is 0 Å². The van der Waals surface area contributed by atoms with Gasteiger partial charge in [-0.2, -0.15) is 0 Å². The van der Waals surface area contributed by atoms with Crippen LogP contribution in [0.4, 0.5) is 0 Å². The predicted molar refractivity (Wildman–Crippen MR) is 61.9 cm³/mol. The summed E-state index contributed by atoms with van der Waals surface area (Å²) in [5.41, 5.74) is 1.16. The first-order chi connectivity index (χ1) is 6.58. The highest BCUT2D eigenvalue weighted by atomic mass is 28.4. The first-order valence-electron chi connectivity index (χ1n) is 5.12. The van der Waals surface area contributed by atoms with Crippen molar-refractivity contribution < 1.29 is 4.43 Å². The molecule has 3 heteroatoms. The molecule has 0 saturated carbocycles. The van der Waals surface area contributed by atoms with Crippen LogP contribution in [0, 0.1) is 0 Å². The second kappa shape index (κ2) is 5.27. The third-order valence-corrected chi connectivity index (χ3v) is 2.91. The zero-order valence-corrected chi connectivity index (χ0v) is 10.3. The summed E-state index contributed by atoms with van der Waals surface area (Å²) in [5, 5.41) is 0. The lowest BCUT2D eigenvalue weighted by molar-refractivity contribution is 0.304. The molecule has 0 radical (unpaired) electrons. The lowest BCUT2D eigenvalue weighted by Crippen LogP contribution is -2.25. The maximum absolute atomic E-state index is 5.76. The highest BCUT2D eigenvalue weighted by Crippen LogP contribution is 2.05. The number of rotatable bonds is 5. The predicted octanol–water partition coefficient (Wildman–Crippen LogP) is 2.87. The summed E-state index contributed by atoms with van der Waals surface area (Å²) in [6.07, 6.45) is 3.93. The Morgan fingerprint density at radius 2 is 2.07 bits per heavy atom. The van der Waals surface area contributed by atoms with Crippen molar-refractivity contribution in [2.24, 2.45) is 0 Å². The van der Waals surface area contributed by atoms with Crippen LogP contribution < -0.4 is 0 Å². The minimum atomic E-state index is -1.32. The van der Waals surface area contributed by atoms with E-state index in [1.807, 2.05) is 18.3 Å². The number of pyridine rings is 1. The second-order valence-electron chi connectivity index (χ2n) is 4.39. The molecule has 0 spiro atoms. The van der Waals surface area contributed by atoms with Crippen LogP contribution >= 0.6 is 0 Å². The van der Waals surface area contributed by atoms with Crippen LogP contribution in [-0.4, -0.2) is 19.9 Å². The standard InChI is InChI=1S/C11H19NOSi/c1-14(2,3)13-10-6-8-11-7-4-5-9-12-11/h4-5,7,9H,6,8,10H2,1-3H3. The smallest absolute Gasteiger partial charge is 0.183 e. The van der Waals surface area contributed by atoms with E-state index in [0.29, 0.717) is 0 Å². The average Bonchev–Trinajstić information content (AvgIpc) is 2.13. The van der Waals surface area contributed by atoms with Crippen LogP contribution in [0.1, 0.15) is 12.1 Å². The van der Waals surface area contributed by atoms with Gasteiger partial charge in [0.1, 0.15) is 0 Å². The first-order valence-corrected chi connectivity index (χ1v) is 8.53. The summed E-state index contributed by atoms with van der Waals surface area (Å²) in [7, 11) is -1.32. The van der Waals surface area contributed by atoms with Gasteiger partial charge in [-0.05, 0) is 44.6 Å². The number of aryl methyl sites for hydroxylation is 1. The lowest BCUT2D eigenvalue weighted by atomic mass is 10.2. The van der Waals surface area contributed by atoms with Crippen LogP contribution in [0.2, 0.25) is 19.6 Å². The first kappa shape index (κ1) is 11.4. The minimum absolute atomic E-state index is 0.867. The fourth-order valence-corrected chi connectivity index (χ4v) is 1.93. The Morgan fingerprint density at radius 1 is 1.29 bits per heavy atom. The molecule has 1 heterocycles. The third-order valence-electron chi connectivity index (χ3n) is 1.84. The molecule has 1 aromatic heterocycles. The van der Waals surface area contributed by atoms with Crippen molar-refractivity contribution >= 4 is 8.32 Å². The largest absolute Gasteiger partial charge is 0.418 e. The van der Waals surface area contributed by atoms with E-state index in [1.54, 1.807) is 0 Å². The molecule has 0 N–H and O–H groups in total. The van der Waals surface area contributed by atoms with Gasteiger partial charge in [-0.3, -0.25) is 4.98 Å². The van der Waals surface area contributed by atoms with Gasteiger partial charge in [-0.1, -0.05) is 6.07 Å². The molecule has 14 heavy (non-hydrogen) atoms. The SMILES string of the molecule is C[Si](C)(C)OCCCc1ccccn1. The van der Waals surface area contributed by atoms with E-state index < -0.39 is 8.32 Å². The van der Waals surface area contributed by atoms with Crippen molar-refractivity contribution in [1.82, 2.24) is 4.98 Å². The molecule has 0 amide bonds. The molecule has 0 saturated heterocycles. The Morgan fingerprint density at radius 3 is 2.64 bits per heavy atom. The Balaban J connectivity index is 2.17. The van der Waals surface area contributed by atoms with Crippen molar-refractivity contribution in [3.63, 3.8) is 0 Å². The molecule has 0 aromatic carbocycles. The zero-order valence-electron chi connectivity index (χ0n) is 9.29. The summed E-state index contributed by atoms with van der Waals surface area (Å²) >= 11 is 0. The highest BCUT2D eigenvalue weighted by molar-refractivity contribution is 6.69. The fraction of sp³-hybridized carbons (Fsp3) is 0.545. The molecule has 2 nitrogen and oxygen atoms in total. The van der Waals surface area contributed by atoms with E-state index in [4.69, 9.17) is 4.43 Å². The molecule has 0 unspecified atom stereocenters. The summed E-state index contributed by atoms with van der Waals surface area (Å²) in [6, 6.07) is 6.04. The molecule has 0 bridgehead atoms. The molecular weight excluding hydrogens is 190 g/mol. The average molecular weight is 209 g/mol. The van der Waals surface area contributed by atoms with Gasteiger partial charge in [0.15, 0.2) is 8.32 Å². The van der Waals surface area contributed by atoms with E-state index in [9.17, 15) is 0 Å². The van der Waals surface area contributed by atoms with Crippen LogP contribution in [0.15, 0.2) is 24.4 Å². The number of hydrogen-bond acceptors (Lipinski definition) is 2.